The van der Waals surface area contributed by atoms with Crippen molar-refractivity contribution in [3.05, 3.63) is 28.3 Å². The van der Waals surface area contributed by atoms with E-state index >= 15 is 0 Å². The summed E-state index contributed by atoms with van der Waals surface area (Å²) in [5, 5.41) is 19.3. The molecule has 0 aliphatic heterocycles. The third-order valence-electron chi connectivity index (χ3n) is 3.57. The number of aliphatic hydroxyl groups is 2. The first-order valence-corrected chi connectivity index (χ1v) is 6.72. The lowest BCUT2D eigenvalue weighted by molar-refractivity contribution is 0.128. The van der Waals surface area contributed by atoms with Gasteiger partial charge in [0.25, 0.3) is 0 Å². The zero-order chi connectivity index (χ0) is 14.6. The Balaban J connectivity index is 3.18. The second-order valence-corrected chi connectivity index (χ2v) is 4.91. The van der Waals surface area contributed by atoms with Crippen molar-refractivity contribution in [1.29, 1.82) is 0 Å². The van der Waals surface area contributed by atoms with Crippen molar-refractivity contribution < 1.29 is 14.9 Å². The number of ether oxygens (including phenoxy) is 1. The van der Waals surface area contributed by atoms with Crippen molar-refractivity contribution in [2.75, 3.05) is 13.2 Å². The van der Waals surface area contributed by atoms with Gasteiger partial charge in [-0.05, 0) is 62.4 Å². The average molecular weight is 267 g/mol. The van der Waals surface area contributed by atoms with Crippen LogP contribution in [-0.4, -0.2) is 29.5 Å². The Hall–Kier alpha value is -1.10. The van der Waals surface area contributed by atoms with E-state index in [-0.39, 0.29) is 6.61 Å². The van der Waals surface area contributed by atoms with Crippen molar-refractivity contribution in [2.24, 2.45) is 5.73 Å². The van der Waals surface area contributed by atoms with Crippen molar-refractivity contribution in [2.45, 2.75) is 46.3 Å². The van der Waals surface area contributed by atoms with Crippen LogP contribution in [0.15, 0.2) is 6.07 Å². The molecule has 0 heterocycles. The van der Waals surface area contributed by atoms with Crippen LogP contribution in [0.25, 0.3) is 0 Å². The molecule has 0 fully saturated rings. The summed E-state index contributed by atoms with van der Waals surface area (Å²) in [6.07, 6.45) is -0.381. The number of benzene rings is 1. The number of rotatable bonds is 6. The smallest absolute Gasteiger partial charge is 0.122 e. The highest BCUT2D eigenvalue weighted by Crippen LogP contribution is 2.32. The molecule has 0 amide bonds. The number of hydrogen-bond donors (Lipinski definition) is 3. The van der Waals surface area contributed by atoms with Crippen molar-refractivity contribution >= 4 is 0 Å². The van der Waals surface area contributed by atoms with Crippen LogP contribution < -0.4 is 10.5 Å². The van der Waals surface area contributed by atoms with E-state index in [1.165, 1.54) is 0 Å². The molecule has 1 aromatic rings. The zero-order valence-electron chi connectivity index (χ0n) is 12.2. The highest BCUT2D eigenvalue weighted by Gasteiger charge is 2.22. The van der Waals surface area contributed by atoms with Gasteiger partial charge in [0, 0.05) is 12.6 Å². The van der Waals surface area contributed by atoms with Gasteiger partial charge in [0.05, 0.1) is 12.7 Å². The lowest BCUT2D eigenvalue weighted by Crippen LogP contribution is -2.30. The Morgan fingerprint density at radius 1 is 1.26 bits per heavy atom. The minimum Gasteiger partial charge on any atom is -0.494 e. The summed E-state index contributed by atoms with van der Waals surface area (Å²) in [7, 11) is 0. The molecule has 4 heteroatoms. The van der Waals surface area contributed by atoms with E-state index in [9.17, 15) is 5.11 Å². The first kappa shape index (κ1) is 16.0. The summed E-state index contributed by atoms with van der Waals surface area (Å²) in [4.78, 5) is 0. The minimum atomic E-state index is -0.762. The summed E-state index contributed by atoms with van der Waals surface area (Å²) in [5.74, 6) is 0.851. The van der Waals surface area contributed by atoms with Gasteiger partial charge in [-0.15, -0.1) is 0 Å². The van der Waals surface area contributed by atoms with Crippen LogP contribution in [0.5, 0.6) is 5.75 Å². The molecule has 0 aromatic heterocycles. The fraction of sp³-hybridized carbons (Fsp3) is 0.600. The maximum Gasteiger partial charge on any atom is 0.122 e. The fourth-order valence-electron chi connectivity index (χ4n) is 2.35. The van der Waals surface area contributed by atoms with Crippen LogP contribution in [0.1, 0.15) is 41.7 Å². The molecule has 0 bridgehead atoms. The molecule has 19 heavy (non-hydrogen) atoms. The molecule has 0 aliphatic carbocycles. The molecule has 4 nitrogen and oxygen atoms in total. The zero-order valence-corrected chi connectivity index (χ0v) is 12.2. The van der Waals surface area contributed by atoms with Crippen LogP contribution >= 0.6 is 0 Å². The van der Waals surface area contributed by atoms with Crippen molar-refractivity contribution in [1.82, 2.24) is 0 Å². The largest absolute Gasteiger partial charge is 0.494 e. The normalized spacial score (nSPS) is 14.3. The third-order valence-corrected chi connectivity index (χ3v) is 3.57. The van der Waals surface area contributed by atoms with Gasteiger partial charge in [-0.1, -0.05) is 0 Å². The van der Waals surface area contributed by atoms with Crippen LogP contribution in [0, 0.1) is 20.8 Å². The van der Waals surface area contributed by atoms with E-state index in [1.54, 1.807) is 0 Å². The molecule has 1 aromatic carbocycles. The number of aryl methyl sites for hydroxylation is 1. The van der Waals surface area contributed by atoms with E-state index in [4.69, 9.17) is 15.6 Å². The monoisotopic (exact) mass is 267 g/mol. The second-order valence-electron chi connectivity index (χ2n) is 4.91. The quantitative estimate of drug-likeness (QED) is 0.734. The summed E-state index contributed by atoms with van der Waals surface area (Å²) in [5.41, 5.74) is 9.75. The molecule has 0 saturated heterocycles. The van der Waals surface area contributed by atoms with Gasteiger partial charge in [-0.2, -0.15) is 0 Å². The van der Waals surface area contributed by atoms with Crippen molar-refractivity contribution in [3.8, 4) is 5.75 Å². The van der Waals surface area contributed by atoms with Gasteiger partial charge in [0.1, 0.15) is 5.75 Å². The number of nitrogens with two attached hydrogens (primary N) is 1. The first-order valence-electron chi connectivity index (χ1n) is 6.72. The maximum absolute atomic E-state index is 10.4. The van der Waals surface area contributed by atoms with Crippen LogP contribution in [0.4, 0.5) is 0 Å². The van der Waals surface area contributed by atoms with Crippen molar-refractivity contribution in [3.63, 3.8) is 0 Å². The maximum atomic E-state index is 10.4. The van der Waals surface area contributed by atoms with Gasteiger partial charge < -0.3 is 20.7 Å². The molecule has 0 radical (unpaired) electrons. The minimum absolute atomic E-state index is 0.0215. The van der Waals surface area contributed by atoms with Crippen LogP contribution in [0.2, 0.25) is 0 Å². The van der Waals surface area contributed by atoms with E-state index in [1.807, 2.05) is 33.8 Å². The Morgan fingerprint density at radius 2 is 1.89 bits per heavy atom. The molecule has 2 unspecified atom stereocenters. The summed E-state index contributed by atoms with van der Waals surface area (Å²) in [6, 6.07) is 1.48. The molecule has 2 atom stereocenters. The highest BCUT2D eigenvalue weighted by atomic mass is 16.5. The predicted octanol–water partition coefficient (Wildman–Crippen LogP) is 1.75. The molecule has 4 N–H and O–H groups in total. The second kappa shape index (κ2) is 6.89. The average Bonchev–Trinajstić information content (AvgIpc) is 2.36. The van der Waals surface area contributed by atoms with Gasteiger partial charge in [0.2, 0.25) is 0 Å². The van der Waals surface area contributed by atoms with Gasteiger partial charge in [-0.25, -0.2) is 0 Å². The summed E-state index contributed by atoms with van der Waals surface area (Å²) >= 11 is 0. The standard InChI is InChI=1S/C15H25NO3/c1-5-19-13-8-9(2)14(11(4)10(13)3)15(18)12(16)6-7-17/h8,12,15,17-18H,5-7,16H2,1-4H3. The van der Waals surface area contributed by atoms with E-state index in [0.29, 0.717) is 13.0 Å². The molecule has 1 rings (SSSR count). The molecule has 0 aliphatic rings. The Bertz CT molecular complexity index is 432. The van der Waals surface area contributed by atoms with Gasteiger partial charge in [-0.3, -0.25) is 0 Å². The topological polar surface area (TPSA) is 75.7 Å². The number of aliphatic hydroxyl groups excluding tert-OH is 2. The first-order chi connectivity index (χ1) is 8.93. The number of hydrogen-bond acceptors (Lipinski definition) is 4. The van der Waals surface area contributed by atoms with Crippen LogP contribution in [0.3, 0.4) is 0 Å². The van der Waals surface area contributed by atoms with E-state index in [2.05, 4.69) is 0 Å². The third kappa shape index (κ3) is 3.47. The molecular weight excluding hydrogens is 242 g/mol. The molecule has 0 spiro atoms. The van der Waals surface area contributed by atoms with E-state index in [0.717, 1.165) is 28.0 Å². The molecular formula is C15H25NO3. The van der Waals surface area contributed by atoms with Gasteiger partial charge in [0.15, 0.2) is 0 Å². The summed E-state index contributed by atoms with van der Waals surface area (Å²) in [6.45, 7) is 8.43. The Kier molecular flexibility index (Phi) is 5.79. The molecule has 0 saturated carbocycles. The lowest BCUT2D eigenvalue weighted by atomic mass is 9.90. The SMILES string of the molecule is CCOc1cc(C)c(C(O)C(N)CCO)c(C)c1C. The summed E-state index contributed by atoms with van der Waals surface area (Å²) < 4.78 is 5.59. The Morgan fingerprint density at radius 3 is 2.42 bits per heavy atom. The van der Waals surface area contributed by atoms with Crippen LogP contribution in [-0.2, 0) is 0 Å². The lowest BCUT2D eigenvalue weighted by Gasteiger charge is -2.24. The van der Waals surface area contributed by atoms with Gasteiger partial charge >= 0.3 is 0 Å². The van der Waals surface area contributed by atoms with E-state index < -0.39 is 12.1 Å². The predicted molar refractivity (Wildman–Crippen MR) is 76.5 cm³/mol. The molecule has 108 valence electrons. The fourth-order valence-corrected chi connectivity index (χ4v) is 2.35. The Labute approximate surface area is 115 Å². The highest BCUT2D eigenvalue weighted by molar-refractivity contribution is 5.49.